The topological polar surface area (TPSA) is 17.8 Å². The van der Waals surface area contributed by atoms with Gasteiger partial charge in [-0.15, -0.1) is 0 Å². The van der Waals surface area contributed by atoms with Crippen molar-refractivity contribution in [3.05, 3.63) is 11.4 Å². The van der Waals surface area contributed by atoms with Gasteiger partial charge in [0.2, 0.25) is 0 Å². The van der Waals surface area contributed by atoms with E-state index in [1.165, 1.54) is 48.6 Å². The number of nitrogens with zero attached hydrogens (tertiary/aromatic N) is 2. The summed E-state index contributed by atoms with van der Waals surface area (Å²) in [5.41, 5.74) is 2.58. The molecule has 1 saturated carbocycles. The molecule has 0 atom stereocenters. The monoisotopic (exact) mass is 252 g/mol. The Morgan fingerprint density at radius 3 is 2.41 bits per heavy atom. The second kappa shape index (κ2) is 5.47. The first-order valence-electron chi connectivity index (χ1n) is 6.81. The molecule has 0 amide bonds. The van der Waals surface area contributed by atoms with Gasteiger partial charge in [0.1, 0.15) is 0 Å². The molecule has 0 spiro atoms. The number of hydrogen-bond acceptors (Lipinski definition) is 2. The minimum Gasteiger partial charge on any atom is -0.320 e. The molecule has 0 unspecified atom stereocenters. The number of aromatic nitrogens is 2. The SMILES string of the molecule is Cc1nc(SC(C)C)n(C2CCCCC2)c1C. The lowest BCUT2D eigenvalue weighted by Crippen LogP contribution is -2.15. The van der Waals surface area contributed by atoms with E-state index in [0.29, 0.717) is 11.3 Å². The smallest absolute Gasteiger partial charge is 0.168 e. The second-order valence-corrected chi connectivity index (χ2v) is 6.94. The van der Waals surface area contributed by atoms with Crippen molar-refractivity contribution in [1.29, 1.82) is 0 Å². The van der Waals surface area contributed by atoms with Gasteiger partial charge in [0, 0.05) is 17.0 Å². The molecule has 17 heavy (non-hydrogen) atoms. The van der Waals surface area contributed by atoms with Crippen LogP contribution in [0, 0.1) is 13.8 Å². The lowest BCUT2D eigenvalue weighted by Gasteiger charge is -2.26. The third-order valence-corrected chi connectivity index (χ3v) is 4.61. The number of rotatable bonds is 3. The van der Waals surface area contributed by atoms with Gasteiger partial charge in [-0.1, -0.05) is 44.9 Å². The predicted molar refractivity (Wildman–Crippen MR) is 74.8 cm³/mol. The van der Waals surface area contributed by atoms with Gasteiger partial charge in [0.05, 0.1) is 5.69 Å². The van der Waals surface area contributed by atoms with Crippen LogP contribution in [0.2, 0.25) is 0 Å². The summed E-state index contributed by atoms with van der Waals surface area (Å²) in [5, 5.41) is 1.85. The molecule has 2 rings (SSSR count). The molecule has 0 bridgehead atoms. The maximum atomic E-state index is 4.75. The van der Waals surface area contributed by atoms with Crippen molar-refractivity contribution in [2.24, 2.45) is 0 Å². The summed E-state index contributed by atoms with van der Waals surface area (Å²) in [6.07, 6.45) is 6.85. The van der Waals surface area contributed by atoms with Crippen LogP contribution >= 0.6 is 11.8 Å². The molecule has 3 heteroatoms. The average Bonchev–Trinajstić information content (AvgIpc) is 2.55. The van der Waals surface area contributed by atoms with Crippen LogP contribution in [-0.4, -0.2) is 14.8 Å². The van der Waals surface area contributed by atoms with Crippen molar-refractivity contribution in [3.8, 4) is 0 Å². The maximum Gasteiger partial charge on any atom is 0.168 e. The van der Waals surface area contributed by atoms with Gasteiger partial charge in [-0.3, -0.25) is 0 Å². The summed E-state index contributed by atoms with van der Waals surface area (Å²) >= 11 is 1.91. The zero-order chi connectivity index (χ0) is 12.4. The van der Waals surface area contributed by atoms with Crippen LogP contribution < -0.4 is 0 Å². The highest BCUT2D eigenvalue weighted by Gasteiger charge is 2.22. The number of aryl methyl sites for hydroxylation is 1. The van der Waals surface area contributed by atoms with E-state index >= 15 is 0 Å². The summed E-state index contributed by atoms with van der Waals surface area (Å²) in [5.74, 6) is 0. The fraction of sp³-hybridized carbons (Fsp3) is 0.786. The lowest BCUT2D eigenvalue weighted by molar-refractivity contribution is 0.332. The largest absolute Gasteiger partial charge is 0.320 e. The van der Waals surface area contributed by atoms with E-state index in [-0.39, 0.29) is 0 Å². The van der Waals surface area contributed by atoms with E-state index in [9.17, 15) is 0 Å². The molecule has 0 radical (unpaired) electrons. The molecule has 0 saturated heterocycles. The Bertz CT molecular complexity index is 376. The quantitative estimate of drug-likeness (QED) is 0.737. The molecule has 0 N–H and O–H groups in total. The van der Waals surface area contributed by atoms with E-state index in [1.807, 2.05) is 11.8 Å². The van der Waals surface area contributed by atoms with Crippen LogP contribution in [0.1, 0.15) is 63.4 Å². The van der Waals surface area contributed by atoms with Crippen LogP contribution in [0.5, 0.6) is 0 Å². The van der Waals surface area contributed by atoms with Gasteiger partial charge in [0.15, 0.2) is 5.16 Å². The Morgan fingerprint density at radius 1 is 1.18 bits per heavy atom. The highest BCUT2D eigenvalue weighted by atomic mass is 32.2. The summed E-state index contributed by atoms with van der Waals surface area (Å²) in [6.45, 7) is 8.85. The molecule has 1 aromatic heterocycles. The number of imidazole rings is 1. The highest BCUT2D eigenvalue weighted by Crippen LogP contribution is 2.35. The summed E-state index contributed by atoms with van der Waals surface area (Å²) in [7, 11) is 0. The minimum absolute atomic E-state index is 0.610. The summed E-state index contributed by atoms with van der Waals surface area (Å²) in [6, 6.07) is 0.700. The lowest BCUT2D eigenvalue weighted by atomic mass is 9.95. The first-order valence-corrected chi connectivity index (χ1v) is 7.69. The van der Waals surface area contributed by atoms with Gasteiger partial charge >= 0.3 is 0 Å². The number of thioether (sulfide) groups is 1. The average molecular weight is 252 g/mol. The van der Waals surface area contributed by atoms with E-state index in [1.54, 1.807) is 0 Å². The van der Waals surface area contributed by atoms with Crippen LogP contribution in [-0.2, 0) is 0 Å². The molecule has 0 aliphatic heterocycles. The second-order valence-electron chi connectivity index (χ2n) is 5.39. The van der Waals surface area contributed by atoms with Crippen molar-refractivity contribution < 1.29 is 0 Å². The summed E-state index contributed by atoms with van der Waals surface area (Å²) < 4.78 is 2.51. The third kappa shape index (κ3) is 2.87. The molecule has 1 aromatic rings. The van der Waals surface area contributed by atoms with Crippen molar-refractivity contribution in [1.82, 2.24) is 9.55 Å². The molecule has 96 valence electrons. The van der Waals surface area contributed by atoms with Gasteiger partial charge in [0.25, 0.3) is 0 Å². The molecule has 1 aliphatic carbocycles. The van der Waals surface area contributed by atoms with Gasteiger partial charge in [-0.25, -0.2) is 4.98 Å². The molecule has 1 aliphatic rings. The standard InChI is InChI=1S/C14H24N2S/c1-10(2)17-14-15-11(3)12(4)16(14)13-8-6-5-7-9-13/h10,13H,5-9H2,1-4H3. The van der Waals surface area contributed by atoms with Crippen LogP contribution in [0.3, 0.4) is 0 Å². The Kier molecular flexibility index (Phi) is 4.18. The first kappa shape index (κ1) is 13.0. The van der Waals surface area contributed by atoms with Crippen LogP contribution in [0.4, 0.5) is 0 Å². The van der Waals surface area contributed by atoms with Gasteiger partial charge in [-0.2, -0.15) is 0 Å². The minimum atomic E-state index is 0.610. The van der Waals surface area contributed by atoms with Gasteiger partial charge in [-0.05, 0) is 26.7 Å². The normalized spacial score (nSPS) is 17.9. The molecular weight excluding hydrogens is 228 g/mol. The van der Waals surface area contributed by atoms with E-state index in [4.69, 9.17) is 4.98 Å². The number of hydrogen-bond donors (Lipinski definition) is 0. The van der Waals surface area contributed by atoms with Crippen LogP contribution in [0.25, 0.3) is 0 Å². The van der Waals surface area contributed by atoms with E-state index < -0.39 is 0 Å². The zero-order valence-electron chi connectivity index (χ0n) is 11.5. The Balaban J connectivity index is 2.28. The maximum absolute atomic E-state index is 4.75. The Labute approximate surface area is 109 Å². The molecule has 1 heterocycles. The highest BCUT2D eigenvalue weighted by molar-refractivity contribution is 7.99. The van der Waals surface area contributed by atoms with E-state index in [2.05, 4.69) is 32.3 Å². The van der Waals surface area contributed by atoms with E-state index in [0.717, 1.165) is 0 Å². The van der Waals surface area contributed by atoms with Crippen molar-refractivity contribution in [3.63, 3.8) is 0 Å². The Morgan fingerprint density at radius 2 is 1.82 bits per heavy atom. The molecule has 0 aromatic carbocycles. The van der Waals surface area contributed by atoms with Crippen molar-refractivity contribution in [2.45, 2.75) is 76.2 Å². The molecule has 1 fully saturated rings. The van der Waals surface area contributed by atoms with Crippen LogP contribution in [0.15, 0.2) is 5.16 Å². The summed E-state index contributed by atoms with van der Waals surface area (Å²) in [4.78, 5) is 4.75. The third-order valence-electron chi connectivity index (χ3n) is 3.64. The molecular formula is C14H24N2S. The van der Waals surface area contributed by atoms with Crippen molar-refractivity contribution in [2.75, 3.05) is 0 Å². The predicted octanol–water partition coefficient (Wildman–Crippen LogP) is 4.51. The fourth-order valence-electron chi connectivity index (χ4n) is 2.66. The molecule has 2 nitrogen and oxygen atoms in total. The van der Waals surface area contributed by atoms with Crippen molar-refractivity contribution >= 4 is 11.8 Å². The fourth-order valence-corrected chi connectivity index (χ4v) is 3.67. The zero-order valence-corrected chi connectivity index (χ0v) is 12.3. The Hall–Kier alpha value is -0.440. The first-order chi connectivity index (χ1) is 8.09. The van der Waals surface area contributed by atoms with Gasteiger partial charge < -0.3 is 4.57 Å².